The minimum absolute atomic E-state index is 0.255. The highest BCUT2D eigenvalue weighted by Crippen LogP contribution is 2.25. The summed E-state index contributed by atoms with van der Waals surface area (Å²) in [6, 6.07) is 12.7. The van der Waals surface area contributed by atoms with Crippen LogP contribution in [0.2, 0.25) is 0 Å². The van der Waals surface area contributed by atoms with Gasteiger partial charge in [0.15, 0.2) is 0 Å². The van der Waals surface area contributed by atoms with Gasteiger partial charge in [0.25, 0.3) is 0 Å². The van der Waals surface area contributed by atoms with Gasteiger partial charge < -0.3 is 15.2 Å². The molecule has 0 saturated heterocycles. The maximum Gasteiger partial charge on any atom is 0.211 e. The number of anilines is 1. The van der Waals surface area contributed by atoms with E-state index in [-0.39, 0.29) is 5.75 Å². The van der Waals surface area contributed by atoms with Gasteiger partial charge in [0.05, 0.1) is 12.3 Å². The number of benzene rings is 2. The van der Waals surface area contributed by atoms with Crippen molar-refractivity contribution in [3.05, 3.63) is 53.6 Å². The molecule has 0 unspecified atom stereocenters. The molecule has 4 nitrogen and oxygen atoms in total. The molecule has 2 aromatic rings. The zero-order valence-corrected chi connectivity index (χ0v) is 11.3. The number of phenols is 1. The van der Waals surface area contributed by atoms with Crippen molar-refractivity contribution in [1.82, 2.24) is 0 Å². The summed E-state index contributed by atoms with van der Waals surface area (Å²) in [6.45, 7) is 2.47. The Labute approximate surface area is 118 Å². The van der Waals surface area contributed by atoms with Gasteiger partial charge in [-0.15, -0.1) is 0 Å². The predicted molar refractivity (Wildman–Crippen MR) is 78.2 cm³/mol. The molecule has 1 amide bonds. The second-order valence-corrected chi connectivity index (χ2v) is 4.53. The van der Waals surface area contributed by atoms with Crippen LogP contribution in [0.1, 0.15) is 11.1 Å². The molecule has 104 valence electrons. The lowest BCUT2D eigenvalue weighted by Crippen LogP contribution is -2.04. The summed E-state index contributed by atoms with van der Waals surface area (Å²) < 4.78 is 5.72. The summed E-state index contributed by atoms with van der Waals surface area (Å²) in [4.78, 5) is 10.5. The molecule has 0 aliphatic carbocycles. The summed E-state index contributed by atoms with van der Waals surface area (Å²) in [5.74, 6) is 0.918. The normalized spacial score (nSPS) is 10.1. The highest BCUT2D eigenvalue weighted by molar-refractivity contribution is 5.75. The summed E-state index contributed by atoms with van der Waals surface area (Å²) in [5.41, 5.74) is 2.82. The van der Waals surface area contributed by atoms with Gasteiger partial charge >= 0.3 is 0 Å². The molecule has 4 heteroatoms. The highest BCUT2D eigenvalue weighted by Gasteiger charge is 2.04. The van der Waals surface area contributed by atoms with Crippen molar-refractivity contribution in [1.29, 1.82) is 0 Å². The van der Waals surface area contributed by atoms with Gasteiger partial charge in [-0.1, -0.05) is 18.2 Å². The first-order valence-corrected chi connectivity index (χ1v) is 6.40. The number of carbonyl (C=O) groups is 1. The van der Waals surface area contributed by atoms with Crippen LogP contribution in [-0.4, -0.2) is 18.1 Å². The van der Waals surface area contributed by atoms with E-state index in [9.17, 15) is 9.90 Å². The van der Waals surface area contributed by atoms with Gasteiger partial charge in [-0.25, -0.2) is 0 Å². The zero-order chi connectivity index (χ0) is 14.4. The topological polar surface area (TPSA) is 58.6 Å². The lowest BCUT2D eigenvalue weighted by molar-refractivity contribution is -0.105. The van der Waals surface area contributed by atoms with E-state index >= 15 is 0 Å². The van der Waals surface area contributed by atoms with Crippen LogP contribution in [0.25, 0.3) is 0 Å². The molecular weight excluding hydrogens is 254 g/mol. The standard InChI is InChI=1S/C16H17NO3/c1-12-2-7-15(17-11-18)16(10-12)20-9-8-13-3-5-14(19)6-4-13/h2-7,10-11,19H,8-9H2,1H3,(H,17,18). The number of amides is 1. The molecule has 2 rings (SSSR count). The molecule has 0 aromatic heterocycles. The van der Waals surface area contributed by atoms with Gasteiger partial charge in [0.1, 0.15) is 11.5 Å². The molecule has 0 saturated carbocycles. The third-order valence-corrected chi connectivity index (χ3v) is 2.94. The Kier molecular flexibility index (Phi) is 4.60. The Balaban J connectivity index is 1.97. The largest absolute Gasteiger partial charge is 0.508 e. The van der Waals surface area contributed by atoms with E-state index in [2.05, 4.69) is 5.32 Å². The third-order valence-electron chi connectivity index (χ3n) is 2.94. The van der Waals surface area contributed by atoms with Crippen LogP contribution in [0.15, 0.2) is 42.5 Å². The number of ether oxygens (including phenoxy) is 1. The molecular formula is C16H17NO3. The SMILES string of the molecule is Cc1ccc(NC=O)c(OCCc2ccc(O)cc2)c1. The lowest BCUT2D eigenvalue weighted by atomic mass is 10.1. The van der Waals surface area contributed by atoms with Crippen molar-refractivity contribution in [3.8, 4) is 11.5 Å². The van der Waals surface area contributed by atoms with Crippen molar-refractivity contribution in [2.45, 2.75) is 13.3 Å². The fraction of sp³-hybridized carbons (Fsp3) is 0.188. The first-order chi connectivity index (χ1) is 9.69. The maximum atomic E-state index is 10.5. The molecule has 0 bridgehead atoms. The molecule has 0 fully saturated rings. The van der Waals surface area contributed by atoms with E-state index < -0.39 is 0 Å². The molecule has 0 spiro atoms. The molecule has 0 aliphatic rings. The minimum atomic E-state index is 0.255. The van der Waals surface area contributed by atoms with E-state index in [1.54, 1.807) is 12.1 Å². The Bertz CT molecular complexity index is 579. The summed E-state index contributed by atoms with van der Waals surface area (Å²) in [5, 5.41) is 11.8. The fourth-order valence-electron chi connectivity index (χ4n) is 1.87. The van der Waals surface area contributed by atoms with Gasteiger partial charge in [0, 0.05) is 6.42 Å². The quantitative estimate of drug-likeness (QED) is 0.794. The van der Waals surface area contributed by atoms with Crippen molar-refractivity contribution in [2.75, 3.05) is 11.9 Å². The number of nitrogens with one attached hydrogen (secondary N) is 1. The second kappa shape index (κ2) is 6.61. The number of carbonyl (C=O) groups excluding carboxylic acids is 1. The van der Waals surface area contributed by atoms with Gasteiger partial charge in [-0.3, -0.25) is 4.79 Å². The van der Waals surface area contributed by atoms with Crippen LogP contribution >= 0.6 is 0 Å². The van der Waals surface area contributed by atoms with Gasteiger partial charge in [-0.05, 0) is 42.3 Å². The molecule has 2 aromatic carbocycles. The number of aromatic hydroxyl groups is 1. The molecule has 0 heterocycles. The Morgan fingerprint density at radius 2 is 1.95 bits per heavy atom. The van der Waals surface area contributed by atoms with Crippen LogP contribution in [0, 0.1) is 6.92 Å². The van der Waals surface area contributed by atoms with Gasteiger partial charge in [-0.2, -0.15) is 0 Å². The monoisotopic (exact) mass is 271 g/mol. The van der Waals surface area contributed by atoms with Crippen molar-refractivity contribution in [2.24, 2.45) is 0 Å². The number of phenolic OH excluding ortho intramolecular Hbond substituents is 1. The van der Waals surface area contributed by atoms with Crippen LogP contribution in [-0.2, 0) is 11.2 Å². The second-order valence-electron chi connectivity index (χ2n) is 4.53. The van der Waals surface area contributed by atoms with E-state index in [0.29, 0.717) is 24.5 Å². The van der Waals surface area contributed by atoms with Crippen LogP contribution in [0.3, 0.4) is 0 Å². The van der Waals surface area contributed by atoms with Crippen molar-refractivity contribution in [3.63, 3.8) is 0 Å². The lowest BCUT2D eigenvalue weighted by Gasteiger charge is -2.11. The number of aryl methyl sites for hydroxylation is 1. The van der Waals surface area contributed by atoms with Crippen LogP contribution in [0.4, 0.5) is 5.69 Å². The zero-order valence-electron chi connectivity index (χ0n) is 11.3. The Morgan fingerprint density at radius 1 is 1.20 bits per heavy atom. The highest BCUT2D eigenvalue weighted by atomic mass is 16.5. The Morgan fingerprint density at radius 3 is 2.65 bits per heavy atom. The summed E-state index contributed by atoms with van der Waals surface area (Å²) >= 11 is 0. The first-order valence-electron chi connectivity index (χ1n) is 6.40. The molecule has 0 aliphatic heterocycles. The predicted octanol–water partition coefficient (Wildman–Crippen LogP) is 2.89. The maximum absolute atomic E-state index is 10.5. The van der Waals surface area contributed by atoms with E-state index in [1.165, 1.54) is 0 Å². The summed E-state index contributed by atoms with van der Waals surface area (Å²) in [6.07, 6.45) is 1.37. The average Bonchev–Trinajstić information content (AvgIpc) is 2.44. The van der Waals surface area contributed by atoms with E-state index in [1.807, 2.05) is 37.3 Å². The molecule has 0 radical (unpaired) electrons. The number of hydrogen-bond acceptors (Lipinski definition) is 3. The van der Waals surface area contributed by atoms with Crippen molar-refractivity contribution < 1.29 is 14.6 Å². The summed E-state index contributed by atoms with van der Waals surface area (Å²) in [7, 11) is 0. The van der Waals surface area contributed by atoms with Gasteiger partial charge in [0.2, 0.25) is 6.41 Å². The van der Waals surface area contributed by atoms with Crippen LogP contribution in [0.5, 0.6) is 11.5 Å². The minimum Gasteiger partial charge on any atom is -0.508 e. The first kappa shape index (κ1) is 13.9. The smallest absolute Gasteiger partial charge is 0.211 e. The van der Waals surface area contributed by atoms with Crippen LogP contribution < -0.4 is 10.1 Å². The van der Waals surface area contributed by atoms with E-state index in [4.69, 9.17) is 4.74 Å². The molecule has 0 atom stereocenters. The van der Waals surface area contributed by atoms with Crippen molar-refractivity contribution >= 4 is 12.1 Å². The number of hydrogen-bond donors (Lipinski definition) is 2. The molecule has 2 N–H and O–H groups in total. The average molecular weight is 271 g/mol. The fourth-order valence-corrected chi connectivity index (χ4v) is 1.87. The molecule has 20 heavy (non-hydrogen) atoms. The third kappa shape index (κ3) is 3.75. The Hall–Kier alpha value is -2.49. The number of rotatable bonds is 6. The van der Waals surface area contributed by atoms with E-state index in [0.717, 1.165) is 17.5 Å².